The van der Waals surface area contributed by atoms with Crippen molar-refractivity contribution in [3.63, 3.8) is 0 Å². The number of carbonyl (C=O) groups is 2. The zero-order chi connectivity index (χ0) is 22.4. The van der Waals surface area contributed by atoms with E-state index in [9.17, 15) is 14.7 Å². The number of halogens is 3. The first-order valence-electron chi connectivity index (χ1n) is 9.02. The molecule has 8 heteroatoms. The molecule has 0 aliphatic heterocycles. The van der Waals surface area contributed by atoms with Crippen LogP contribution in [-0.2, 0) is 11.4 Å². The first-order valence-corrected chi connectivity index (χ1v) is 11.4. The Hall–Kier alpha value is -2.42. The van der Waals surface area contributed by atoms with E-state index in [1.807, 2.05) is 24.3 Å². The van der Waals surface area contributed by atoms with Crippen molar-refractivity contribution >= 4 is 65.7 Å². The molecule has 3 aromatic rings. The highest BCUT2D eigenvalue weighted by Gasteiger charge is 2.15. The zero-order valence-electron chi connectivity index (χ0n) is 15.9. The van der Waals surface area contributed by atoms with Crippen LogP contribution < -0.4 is 10.1 Å². The maximum Gasteiger partial charge on any atom is 0.352 e. The Balaban J connectivity index is 1.81. The van der Waals surface area contributed by atoms with Gasteiger partial charge in [-0.2, -0.15) is 0 Å². The first-order chi connectivity index (χ1) is 14.8. The van der Waals surface area contributed by atoms with E-state index in [1.54, 1.807) is 42.5 Å². The third-order valence-corrected chi connectivity index (χ3v) is 6.13. The molecule has 3 aromatic carbocycles. The third kappa shape index (κ3) is 6.29. The number of carbonyl (C=O) groups excluding carboxylic acids is 1. The van der Waals surface area contributed by atoms with Gasteiger partial charge in [0.1, 0.15) is 18.1 Å². The summed E-state index contributed by atoms with van der Waals surface area (Å²) in [5.74, 6) is -1.16. The average Bonchev–Trinajstić information content (AvgIpc) is 2.74. The molecule has 0 fully saturated rings. The largest absolute Gasteiger partial charge is 0.486 e. The van der Waals surface area contributed by atoms with E-state index in [0.717, 1.165) is 10.0 Å². The van der Waals surface area contributed by atoms with Gasteiger partial charge in [0, 0.05) is 15.6 Å². The molecule has 0 spiro atoms. The summed E-state index contributed by atoms with van der Waals surface area (Å²) in [6.45, 7) is 0.349. The number of nitrogens with one attached hydrogen (secondary N) is 1. The Morgan fingerprint density at radius 2 is 1.52 bits per heavy atom. The minimum absolute atomic E-state index is 0.241. The number of carboxylic acids is 1. The van der Waals surface area contributed by atoms with E-state index >= 15 is 0 Å². The second kappa shape index (κ2) is 10.7. The molecular formula is C23H16Br3NO4. The van der Waals surface area contributed by atoms with Gasteiger partial charge in [0.05, 0.1) is 8.95 Å². The van der Waals surface area contributed by atoms with E-state index in [4.69, 9.17) is 4.74 Å². The van der Waals surface area contributed by atoms with Gasteiger partial charge in [-0.15, -0.1) is 0 Å². The van der Waals surface area contributed by atoms with Crippen LogP contribution in [0, 0.1) is 0 Å². The summed E-state index contributed by atoms with van der Waals surface area (Å²) in [7, 11) is 0. The molecule has 0 heterocycles. The SMILES string of the molecule is O=C(O)/C(=C\c1cc(Br)c(OCc2ccccc2Br)c(Br)c1)NC(=O)c1ccccc1. The summed E-state index contributed by atoms with van der Waals surface area (Å²) in [6, 6.07) is 19.6. The van der Waals surface area contributed by atoms with Crippen molar-refractivity contribution in [3.05, 3.63) is 103 Å². The van der Waals surface area contributed by atoms with Gasteiger partial charge in [0.15, 0.2) is 0 Å². The second-order valence-electron chi connectivity index (χ2n) is 6.38. The van der Waals surface area contributed by atoms with Crippen LogP contribution in [0.2, 0.25) is 0 Å². The van der Waals surface area contributed by atoms with Crippen molar-refractivity contribution < 1.29 is 19.4 Å². The molecule has 0 atom stereocenters. The molecule has 3 rings (SSSR count). The van der Waals surface area contributed by atoms with E-state index < -0.39 is 11.9 Å². The monoisotopic (exact) mass is 607 g/mol. The van der Waals surface area contributed by atoms with Gasteiger partial charge < -0.3 is 15.2 Å². The molecule has 0 saturated carbocycles. The number of carboxylic acid groups (broad SMARTS) is 1. The fourth-order valence-corrected chi connectivity index (χ4v) is 4.52. The fourth-order valence-electron chi connectivity index (χ4n) is 2.67. The van der Waals surface area contributed by atoms with Crippen LogP contribution in [0.1, 0.15) is 21.5 Å². The van der Waals surface area contributed by atoms with Gasteiger partial charge >= 0.3 is 5.97 Å². The highest BCUT2D eigenvalue weighted by Crippen LogP contribution is 2.36. The molecule has 0 radical (unpaired) electrons. The molecule has 0 aromatic heterocycles. The Morgan fingerprint density at radius 3 is 2.13 bits per heavy atom. The number of rotatable bonds is 7. The highest BCUT2D eigenvalue weighted by atomic mass is 79.9. The topological polar surface area (TPSA) is 75.6 Å². The Morgan fingerprint density at radius 1 is 0.903 bits per heavy atom. The molecule has 0 bridgehead atoms. The molecule has 0 unspecified atom stereocenters. The van der Waals surface area contributed by atoms with Crippen LogP contribution in [0.25, 0.3) is 6.08 Å². The summed E-state index contributed by atoms with van der Waals surface area (Å²) in [5, 5.41) is 12.0. The third-order valence-electron chi connectivity index (χ3n) is 4.18. The fraction of sp³-hybridized carbons (Fsp3) is 0.0435. The van der Waals surface area contributed by atoms with Crippen molar-refractivity contribution in [2.75, 3.05) is 0 Å². The van der Waals surface area contributed by atoms with Gasteiger partial charge in [-0.3, -0.25) is 4.79 Å². The number of hydrogen-bond acceptors (Lipinski definition) is 3. The van der Waals surface area contributed by atoms with Crippen LogP contribution in [0.5, 0.6) is 5.75 Å². The van der Waals surface area contributed by atoms with Gasteiger partial charge in [-0.1, -0.05) is 52.3 Å². The van der Waals surface area contributed by atoms with Crippen molar-refractivity contribution in [1.29, 1.82) is 0 Å². The molecular weight excluding hydrogens is 594 g/mol. The standard InChI is InChI=1S/C23H16Br3NO4/c24-17-9-5-4-8-16(17)13-31-21-18(25)10-14(11-19(21)26)12-20(23(29)30)27-22(28)15-6-2-1-3-7-15/h1-12H,13H2,(H,27,28)(H,29,30)/b20-12+. The lowest BCUT2D eigenvalue weighted by Gasteiger charge is -2.13. The summed E-state index contributed by atoms with van der Waals surface area (Å²) >= 11 is 10.4. The lowest BCUT2D eigenvalue weighted by molar-refractivity contribution is -0.132. The molecule has 0 saturated heterocycles. The van der Waals surface area contributed by atoms with Gasteiger partial charge in [-0.25, -0.2) is 4.79 Å². The molecule has 0 aliphatic carbocycles. The normalized spacial score (nSPS) is 11.1. The number of aliphatic carboxylic acids is 1. The quantitative estimate of drug-likeness (QED) is 0.304. The van der Waals surface area contributed by atoms with E-state index in [0.29, 0.717) is 32.4 Å². The van der Waals surface area contributed by atoms with Crippen LogP contribution in [0.4, 0.5) is 0 Å². The second-order valence-corrected chi connectivity index (χ2v) is 8.94. The molecule has 2 N–H and O–H groups in total. The molecule has 158 valence electrons. The summed E-state index contributed by atoms with van der Waals surface area (Å²) < 4.78 is 8.16. The molecule has 0 aliphatic rings. The smallest absolute Gasteiger partial charge is 0.352 e. The first kappa shape index (κ1) is 23.2. The highest BCUT2D eigenvalue weighted by molar-refractivity contribution is 9.11. The maximum absolute atomic E-state index is 12.3. The minimum Gasteiger partial charge on any atom is -0.486 e. The Kier molecular flexibility index (Phi) is 8.06. The van der Waals surface area contributed by atoms with Crippen molar-refractivity contribution in [2.24, 2.45) is 0 Å². The van der Waals surface area contributed by atoms with Crippen LogP contribution in [0.3, 0.4) is 0 Å². The lowest BCUT2D eigenvalue weighted by atomic mass is 10.1. The number of ether oxygens (including phenoxy) is 1. The van der Waals surface area contributed by atoms with E-state index in [1.165, 1.54) is 6.08 Å². The van der Waals surface area contributed by atoms with Crippen LogP contribution >= 0.6 is 47.8 Å². The predicted octanol–water partition coefficient (Wildman–Crippen LogP) is 6.41. The van der Waals surface area contributed by atoms with E-state index in [2.05, 4.69) is 53.1 Å². The van der Waals surface area contributed by atoms with Gasteiger partial charge in [-0.05, 0) is 73.8 Å². The van der Waals surface area contributed by atoms with Crippen molar-refractivity contribution in [2.45, 2.75) is 6.61 Å². The number of hydrogen-bond donors (Lipinski definition) is 2. The maximum atomic E-state index is 12.3. The Labute approximate surface area is 204 Å². The molecule has 1 amide bonds. The van der Waals surface area contributed by atoms with Gasteiger partial charge in [0.25, 0.3) is 5.91 Å². The molecule has 5 nitrogen and oxygen atoms in total. The Bertz CT molecular complexity index is 1120. The zero-order valence-corrected chi connectivity index (χ0v) is 20.7. The van der Waals surface area contributed by atoms with Crippen LogP contribution in [-0.4, -0.2) is 17.0 Å². The van der Waals surface area contributed by atoms with Crippen molar-refractivity contribution in [3.8, 4) is 5.75 Å². The average molecular weight is 610 g/mol. The summed E-state index contributed by atoms with van der Waals surface area (Å²) in [4.78, 5) is 24.0. The summed E-state index contributed by atoms with van der Waals surface area (Å²) in [6.07, 6.45) is 1.39. The number of benzene rings is 3. The van der Waals surface area contributed by atoms with Crippen LogP contribution in [0.15, 0.2) is 85.8 Å². The molecule has 31 heavy (non-hydrogen) atoms. The minimum atomic E-state index is -1.24. The van der Waals surface area contributed by atoms with E-state index in [-0.39, 0.29) is 5.70 Å². The lowest BCUT2D eigenvalue weighted by Crippen LogP contribution is -2.27. The predicted molar refractivity (Wildman–Crippen MR) is 130 cm³/mol. The van der Waals surface area contributed by atoms with Gasteiger partial charge in [0.2, 0.25) is 0 Å². The van der Waals surface area contributed by atoms with Crippen molar-refractivity contribution in [1.82, 2.24) is 5.32 Å². The summed E-state index contributed by atoms with van der Waals surface area (Å²) in [5.41, 5.74) is 1.68. The number of amides is 1.